The summed E-state index contributed by atoms with van der Waals surface area (Å²) in [6.07, 6.45) is 2.90. The van der Waals surface area contributed by atoms with Crippen molar-refractivity contribution in [2.75, 3.05) is 18.0 Å². The molecular weight excluding hydrogens is 242 g/mol. The number of aromatic nitrogens is 2. The second-order valence-electron chi connectivity index (χ2n) is 5.57. The second kappa shape index (κ2) is 5.15. The van der Waals surface area contributed by atoms with Crippen molar-refractivity contribution in [1.29, 1.82) is 0 Å². The standard InChI is InChI=1S/C14H21N3O2/c1-4-14(13(18)19)5-6-17(8-14)12-7-11(10(2)3)15-9-16-12/h7,9-10H,4-6,8H2,1-3H3,(H,18,19). The van der Waals surface area contributed by atoms with E-state index >= 15 is 0 Å². The lowest BCUT2D eigenvalue weighted by Gasteiger charge is -2.23. The van der Waals surface area contributed by atoms with Gasteiger partial charge in [-0.05, 0) is 18.8 Å². The van der Waals surface area contributed by atoms with Crippen molar-refractivity contribution < 1.29 is 9.90 Å². The maximum absolute atomic E-state index is 11.4. The first-order valence-corrected chi connectivity index (χ1v) is 6.79. The van der Waals surface area contributed by atoms with Crippen molar-refractivity contribution in [3.63, 3.8) is 0 Å². The van der Waals surface area contributed by atoms with Gasteiger partial charge in [-0.25, -0.2) is 9.97 Å². The molecule has 104 valence electrons. The zero-order valence-corrected chi connectivity index (χ0v) is 11.8. The smallest absolute Gasteiger partial charge is 0.311 e. The Balaban J connectivity index is 2.21. The van der Waals surface area contributed by atoms with Crippen LogP contribution in [0.15, 0.2) is 12.4 Å². The van der Waals surface area contributed by atoms with E-state index in [1.807, 2.05) is 13.0 Å². The zero-order valence-electron chi connectivity index (χ0n) is 11.8. The number of aliphatic carboxylic acids is 1. The van der Waals surface area contributed by atoms with Gasteiger partial charge in [-0.3, -0.25) is 4.79 Å². The van der Waals surface area contributed by atoms with Crippen molar-refractivity contribution in [3.05, 3.63) is 18.1 Å². The molecule has 0 aromatic carbocycles. The fraction of sp³-hybridized carbons (Fsp3) is 0.643. The Morgan fingerprint density at radius 3 is 2.79 bits per heavy atom. The molecule has 2 rings (SSSR count). The van der Waals surface area contributed by atoms with Gasteiger partial charge in [0.05, 0.1) is 5.41 Å². The summed E-state index contributed by atoms with van der Waals surface area (Å²) in [5, 5.41) is 9.41. The van der Waals surface area contributed by atoms with Crippen LogP contribution >= 0.6 is 0 Å². The molecule has 1 fully saturated rings. The van der Waals surface area contributed by atoms with Gasteiger partial charge in [0.2, 0.25) is 0 Å². The van der Waals surface area contributed by atoms with Gasteiger partial charge in [0.25, 0.3) is 0 Å². The monoisotopic (exact) mass is 263 g/mol. The maximum atomic E-state index is 11.4. The first kappa shape index (κ1) is 13.8. The number of carbonyl (C=O) groups is 1. The van der Waals surface area contributed by atoms with Crippen molar-refractivity contribution in [2.45, 2.75) is 39.5 Å². The lowest BCUT2D eigenvalue weighted by atomic mass is 9.84. The molecule has 1 aromatic rings. The molecule has 1 unspecified atom stereocenters. The van der Waals surface area contributed by atoms with Crippen LogP contribution in [0.25, 0.3) is 0 Å². The summed E-state index contributed by atoms with van der Waals surface area (Å²) in [6.45, 7) is 7.40. The molecule has 1 aliphatic rings. The third kappa shape index (κ3) is 2.55. The summed E-state index contributed by atoms with van der Waals surface area (Å²) in [5.41, 5.74) is 0.373. The number of hydrogen-bond acceptors (Lipinski definition) is 4. The van der Waals surface area contributed by atoms with Crippen LogP contribution in [-0.2, 0) is 4.79 Å². The second-order valence-corrected chi connectivity index (χ2v) is 5.57. The molecule has 1 N–H and O–H groups in total. The number of carboxylic acid groups (broad SMARTS) is 1. The fourth-order valence-corrected chi connectivity index (χ4v) is 2.53. The first-order valence-electron chi connectivity index (χ1n) is 6.79. The van der Waals surface area contributed by atoms with Crippen molar-refractivity contribution in [2.24, 2.45) is 5.41 Å². The highest BCUT2D eigenvalue weighted by atomic mass is 16.4. The molecule has 0 spiro atoms. The molecule has 1 aromatic heterocycles. The predicted octanol–water partition coefficient (Wildman–Crippen LogP) is 2.29. The van der Waals surface area contributed by atoms with E-state index < -0.39 is 11.4 Å². The van der Waals surface area contributed by atoms with Gasteiger partial charge in [0, 0.05) is 24.8 Å². The van der Waals surface area contributed by atoms with Crippen molar-refractivity contribution in [1.82, 2.24) is 9.97 Å². The minimum Gasteiger partial charge on any atom is -0.481 e. The molecule has 1 atom stereocenters. The van der Waals surface area contributed by atoms with Crippen molar-refractivity contribution in [3.8, 4) is 0 Å². The summed E-state index contributed by atoms with van der Waals surface area (Å²) in [4.78, 5) is 22.0. The topological polar surface area (TPSA) is 66.3 Å². The molecule has 5 nitrogen and oxygen atoms in total. The SMILES string of the molecule is CCC1(C(=O)O)CCN(c2cc(C(C)C)ncn2)C1. The Kier molecular flexibility index (Phi) is 3.73. The van der Waals surface area contributed by atoms with Crippen LogP contribution in [0.3, 0.4) is 0 Å². The first-order chi connectivity index (χ1) is 8.98. The van der Waals surface area contributed by atoms with Gasteiger partial charge in [-0.2, -0.15) is 0 Å². The summed E-state index contributed by atoms with van der Waals surface area (Å²) in [7, 11) is 0. The van der Waals surface area contributed by atoms with Crippen molar-refractivity contribution >= 4 is 11.8 Å². The number of rotatable bonds is 4. The number of hydrogen-bond donors (Lipinski definition) is 1. The van der Waals surface area contributed by atoms with Crippen LogP contribution in [0, 0.1) is 5.41 Å². The molecule has 0 saturated carbocycles. The van der Waals surface area contributed by atoms with Gasteiger partial charge < -0.3 is 10.0 Å². The Labute approximate surface area is 113 Å². The van der Waals surface area contributed by atoms with E-state index in [1.165, 1.54) is 0 Å². The van der Waals surface area contributed by atoms with Gasteiger partial charge in [0.15, 0.2) is 0 Å². The van der Waals surface area contributed by atoms with Gasteiger partial charge in [-0.1, -0.05) is 20.8 Å². The average molecular weight is 263 g/mol. The number of carboxylic acids is 1. The normalized spacial score (nSPS) is 23.1. The molecule has 0 bridgehead atoms. The van der Waals surface area contributed by atoms with Crippen LogP contribution in [0.2, 0.25) is 0 Å². The molecule has 0 radical (unpaired) electrons. The number of anilines is 1. The lowest BCUT2D eigenvalue weighted by Crippen LogP contribution is -2.34. The van der Waals surface area contributed by atoms with Crippen LogP contribution in [0.4, 0.5) is 5.82 Å². The Bertz CT molecular complexity index is 476. The predicted molar refractivity (Wildman–Crippen MR) is 73.3 cm³/mol. The summed E-state index contributed by atoms with van der Waals surface area (Å²) in [6, 6.07) is 1.97. The quantitative estimate of drug-likeness (QED) is 0.902. The van der Waals surface area contributed by atoms with E-state index in [2.05, 4.69) is 28.7 Å². The largest absolute Gasteiger partial charge is 0.481 e. The van der Waals surface area contributed by atoms with Gasteiger partial charge in [-0.15, -0.1) is 0 Å². The molecule has 1 saturated heterocycles. The summed E-state index contributed by atoms with van der Waals surface area (Å²) >= 11 is 0. The van der Waals surface area contributed by atoms with E-state index in [0.717, 1.165) is 18.1 Å². The van der Waals surface area contributed by atoms with E-state index in [-0.39, 0.29) is 0 Å². The Morgan fingerprint density at radius 2 is 2.26 bits per heavy atom. The lowest BCUT2D eigenvalue weighted by molar-refractivity contribution is -0.147. The fourth-order valence-electron chi connectivity index (χ4n) is 2.53. The molecule has 19 heavy (non-hydrogen) atoms. The third-order valence-corrected chi connectivity index (χ3v) is 4.07. The Hall–Kier alpha value is -1.65. The maximum Gasteiger partial charge on any atom is 0.311 e. The van der Waals surface area contributed by atoms with E-state index in [0.29, 0.717) is 25.3 Å². The highest BCUT2D eigenvalue weighted by molar-refractivity contribution is 5.76. The van der Waals surface area contributed by atoms with Crippen LogP contribution in [0.5, 0.6) is 0 Å². The zero-order chi connectivity index (χ0) is 14.0. The van der Waals surface area contributed by atoms with Crippen LogP contribution in [-0.4, -0.2) is 34.1 Å². The molecule has 2 heterocycles. The van der Waals surface area contributed by atoms with Gasteiger partial charge >= 0.3 is 5.97 Å². The molecule has 0 amide bonds. The van der Waals surface area contributed by atoms with Crippen LogP contribution < -0.4 is 4.90 Å². The van der Waals surface area contributed by atoms with Crippen LogP contribution in [0.1, 0.15) is 45.2 Å². The molecule has 0 aliphatic carbocycles. The third-order valence-electron chi connectivity index (χ3n) is 4.07. The highest BCUT2D eigenvalue weighted by Gasteiger charge is 2.43. The summed E-state index contributed by atoms with van der Waals surface area (Å²) < 4.78 is 0. The molecule has 1 aliphatic heterocycles. The van der Waals surface area contributed by atoms with E-state index in [9.17, 15) is 9.90 Å². The van der Waals surface area contributed by atoms with E-state index in [1.54, 1.807) is 6.33 Å². The average Bonchev–Trinajstić information content (AvgIpc) is 2.84. The molecular formula is C14H21N3O2. The minimum atomic E-state index is -0.698. The number of nitrogens with zero attached hydrogens (tertiary/aromatic N) is 3. The summed E-state index contributed by atoms with van der Waals surface area (Å²) in [5.74, 6) is 0.491. The van der Waals surface area contributed by atoms with E-state index in [4.69, 9.17) is 0 Å². The minimum absolute atomic E-state index is 0.347. The van der Waals surface area contributed by atoms with Gasteiger partial charge in [0.1, 0.15) is 12.1 Å². The highest BCUT2D eigenvalue weighted by Crippen LogP contribution is 2.36. The Morgan fingerprint density at radius 1 is 1.53 bits per heavy atom. The molecule has 5 heteroatoms.